The first-order valence-corrected chi connectivity index (χ1v) is 8.23. The predicted molar refractivity (Wildman–Crippen MR) is 94.0 cm³/mol. The molecular weight excluding hydrogens is 344 g/mol. The second-order valence-corrected chi connectivity index (χ2v) is 5.14. The first kappa shape index (κ1) is 25.6. The lowest BCUT2D eigenvalue weighted by Gasteiger charge is -2.05. The highest BCUT2D eigenvalue weighted by atomic mass is 16.6. The van der Waals surface area contributed by atoms with E-state index in [2.05, 4.69) is 9.47 Å². The van der Waals surface area contributed by atoms with Crippen molar-refractivity contribution in [3.05, 3.63) is 24.3 Å². The summed E-state index contributed by atoms with van der Waals surface area (Å²) in [5.41, 5.74) is 0. The van der Waals surface area contributed by atoms with Crippen LogP contribution in [-0.2, 0) is 38.1 Å². The van der Waals surface area contributed by atoms with E-state index in [1.165, 1.54) is 0 Å². The van der Waals surface area contributed by atoms with Crippen LogP contribution in [0.4, 0.5) is 0 Å². The fraction of sp³-hybridized carbons (Fsp3) is 0.556. The summed E-state index contributed by atoms with van der Waals surface area (Å²) < 4.78 is 18.6. The molecule has 0 aliphatic heterocycles. The third-order valence-corrected chi connectivity index (χ3v) is 1.99. The highest BCUT2D eigenvalue weighted by molar-refractivity contribution is 5.92. The van der Waals surface area contributed by atoms with E-state index in [1.807, 2.05) is 0 Å². The topological polar surface area (TPSA) is 105 Å². The smallest absolute Gasteiger partial charge is 0.331 e. The lowest BCUT2D eigenvalue weighted by molar-refractivity contribution is -0.144. The van der Waals surface area contributed by atoms with Crippen LogP contribution in [0.2, 0.25) is 0 Å². The zero-order chi connectivity index (χ0) is 20.5. The highest BCUT2D eigenvalue weighted by Crippen LogP contribution is 1.93. The Labute approximate surface area is 154 Å². The molecule has 0 spiro atoms. The van der Waals surface area contributed by atoms with Crippen molar-refractivity contribution in [3.63, 3.8) is 0 Å². The van der Waals surface area contributed by atoms with Gasteiger partial charge in [0.1, 0.15) is 0 Å². The predicted octanol–water partition coefficient (Wildman–Crippen LogP) is 2.11. The first-order chi connectivity index (χ1) is 12.1. The molecule has 0 saturated heterocycles. The molecule has 0 aromatic carbocycles. The van der Waals surface area contributed by atoms with Gasteiger partial charge in [-0.2, -0.15) is 0 Å². The second-order valence-electron chi connectivity index (χ2n) is 5.14. The van der Waals surface area contributed by atoms with E-state index < -0.39 is 23.9 Å². The summed E-state index contributed by atoms with van der Waals surface area (Å²) in [5.74, 6) is -2.16. The van der Waals surface area contributed by atoms with Crippen molar-refractivity contribution < 1.29 is 38.1 Å². The second kappa shape index (κ2) is 15.9. The third-order valence-electron chi connectivity index (χ3n) is 1.99. The minimum Gasteiger partial charge on any atom is -0.463 e. The molecule has 0 aliphatic carbocycles. The van der Waals surface area contributed by atoms with Crippen molar-refractivity contribution in [3.8, 4) is 0 Å². The van der Waals surface area contributed by atoms with Crippen molar-refractivity contribution in [1.82, 2.24) is 0 Å². The largest absolute Gasteiger partial charge is 0.463 e. The Balaban J connectivity index is 0. The Morgan fingerprint density at radius 3 is 1.12 bits per heavy atom. The number of carbonyl (C=O) groups is 4. The number of ether oxygens (including phenoxy) is 4. The molecule has 26 heavy (non-hydrogen) atoms. The normalized spacial score (nSPS) is 10.5. The number of esters is 4. The van der Waals surface area contributed by atoms with Crippen LogP contribution in [0.1, 0.15) is 41.5 Å². The maximum atomic E-state index is 10.9. The molecule has 0 unspecified atom stereocenters. The summed E-state index contributed by atoms with van der Waals surface area (Å²) in [4.78, 5) is 43.1. The number of carbonyl (C=O) groups excluding carboxylic acids is 4. The van der Waals surface area contributed by atoms with Crippen LogP contribution >= 0.6 is 0 Å². The Hall–Kier alpha value is -2.64. The molecule has 0 amide bonds. The molecule has 0 aromatic heterocycles. The third kappa shape index (κ3) is 19.4. The molecule has 148 valence electrons. The maximum absolute atomic E-state index is 10.9. The van der Waals surface area contributed by atoms with E-state index in [-0.39, 0.29) is 12.2 Å². The van der Waals surface area contributed by atoms with E-state index in [0.29, 0.717) is 13.2 Å². The lowest BCUT2D eigenvalue weighted by Crippen LogP contribution is -2.11. The molecule has 0 radical (unpaired) electrons. The maximum Gasteiger partial charge on any atom is 0.331 e. The van der Waals surface area contributed by atoms with Crippen molar-refractivity contribution >= 4 is 23.9 Å². The van der Waals surface area contributed by atoms with E-state index in [0.717, 1.165) is 24.3 Å². The monoisotopic (exact) mass is 372 g/mol. The molecule has 0 heterocycles. The van der Waals surface area contributed by atoms with Crippen LogP contribution in [-0.4, -0.2) is 49.3 Å². The van der Waals surface area contributed by atoms with Gasteiger partial charge in [-0.25, -0.2) is 19.2 Å². The van der Waals surface area contributed by atoms with E-state index in [4.69, 9.17) is 9.47 Å². The van der Waals surface area contributed by atoms with Gasteiger partial charge < -0.3 is 18.9 Å². The number of hydrogen-bond donors (Lipinski definition) is 0. The van der Waals surface area contributed by atoms with Gasteiger partial charge in [-0.3, -0.25) is 0 Å². The molecule has 8 heteroatoms. The highest BCUT2D eigenvalue weighted by Gasteiger charge is 2.04. The minimum absolute atomic E-state index is 0.187. The van der Waals surface area contributed by atoms with Crippen LogP contribution in [0.5, 0.6) is 0 Å². The molecule has 0 bridgehead atoms. The summed E-state index contributed by atoms with van der Waals surface area (Å²) in [6, 6.07) is 0. The Kier molecular flexibility index (Phi) is 15.6. The first-order valence-electron chi connectivity index (χ1n) is 8.23. The van der Waals surface area contributed by atoms with Gasteiger partial charge in [0, 0.05) is 24.3 Å². The zero-order valence-electron chi connectivity index (χ0n) is 16.1. The fourth-order valence-electron chi connectivity index (χ4n) is 1.20. The van der Waals surface area contributed by atoms with Gasteiger partial charge in [-0.05, 0) is 41.5 Å². The molecule has 0 rings (SSSR count). The molecule has 0 N–H and O–H groups in total. The molecule has 0 atom stereocenters. The minimum atomic E-state index is -0.541. The summed E-state index contributed by atoms with van der Waals surface area (Å²) in [6.07, 6.45) is 3.83. The van der Waals surface area contributed by atoms with Crippen molar-refractivity contribution in [2.24, 2.45) is 0 Å². The van der Waals surface area contributed by atoms with Gasteiger partial charge in [-0.15, -0.1) is 0 Å². The fourth-order valence-corrected chi connectivity index (χ4v) is 1.20. The van der Waals surface area contributed by atoms with Crippen molar-refractivity contribution in [2.75, 3.05) is 13.2 Å². The average molecular weight is 372 g/mol. The van der Waals surface area contributed by atoms with Crippen LogP contribution in [0.3, 0.4) is 0 Å². The van der Waals surface area contributed by atoms with Crippen molar-refractivity contribution in [2.45, 2.75) is 53.8 Å². The molecule has 0 aliphatic rings. The summed E-state index contributed by atoms with van der Waals surface area (Å²) in [7, 11) is 0. The molecule has 0 aromatic rings. The van der Waals surface area contributed by atoms with Gasteiger partial charge in [0.2, 0.25) is 0 Å². The SMILES string of the molecule is CC(C)OC(=O)/C=C/C(=O)OC(C)C.CCOC(=O)/C=C/C(=O)OCC. The quantitative estimate of drug-likeness (QED) is 0.362. The standard InChI is InChI=1S/C10H16O4.C8H12O4/c1-7(2)13-9(11)5-6-10(12)14-8(3)4;1-3-11-7(9)5-6-8(10)12-4-2/h5-8H,1-4H3;5-6H,3-4H2,1-2H3/b2*6-5+. The van der Waals surface area contributed by atoms with Crippen LogP contribution < -0.4 is 0 Å². The molecule has 0 fully saturated rings. The summed E-state index contributed by atoms with van der Waals surface area (Å²) in [5, 5.41) is 0. The van der Waals surface area contributed by atoms with Crippen molar-refractivity contribution in [1.29, 1.82) is 0 Å². The van der Waals surface area contributed by atoms with Crippen LogP contribution in [0.25, 0.3) is 0 Å². The summed E-state index contributed by atoms with van der Waals surface area (Å²) >= 11 is 0. The van der Waals surface area contributed by atoms with Crippen LogP contribution in [0.15, 0.2) is 24.3 Å². The average Bonchev–Trinajstić information content (AvgIpc) is 2.51. The van der Waals surface area contributed by atoms with Gasteiger partial charge in [0.15, 0.2) is 0 Å². The van der Waals surface area contributed by atoms with E-state index in [9.17, 15) is 19.2 Å². The van der Waals surface area contributed by atoms with Gasteiger partial charge in [0.05, 0.1) is 25.4 Å². The van der Waals surface area contributed by atoms with Gasteiger partial charge in [-0.1, -0.05) is 0 Å². The van der Waals surface area contributed by atoms with E-state index in [1.54, 1.807) is 41.5 Å². The Morgan fingerprint density at radius 1 is 0.615 bits per heavy atom. The summed E-state index contributed by atoms with van der Waals surface area (Å²) in [6.45, 7) is 10.9. The molecule has 0 saturated carbocycles. The lowest BCUT2D eigenvalue weighted by atomic mass is 10.4. The van der Waals surface area contributed by atoms with E-state index >= 15 is 0 Å². The van der Waals surface area contributed by atoms with Gasteiger partial charge >= 0.3 is 23.9 Å². The zero-order valence-corrected chi connectivity index (χ0v) is 16.1. The number of rotatable bonds is 8. The number of hydrogen-bond acceptors (Lipinski definition) is 8. The van der Waals surface area contributed by atoms with Gasteiger partial charge in [0.25, 0.3) is 0 Å². The molecular formula is C18H28O8. The Morgan fingerprint density at radius 2 is 0.885 bits per heavy atom. The molecule has 8 nitrogen and oxygen atoms in total. The Bertz CT molecular complexity index is 459. The van der Waals surface area contributed by atoms with Crippen LogP contribution in [0, 0.1) is 0 Å².